The molecule has 0 spiro atoms. The average Bonchev–Trinajstić information content (AvgIpc) is 2.37. The third-order valence-corrected chi connectivity index (χ3v) is 2.99. The van der Waals surface area contributed by atoms with Gasteiger partial charge in [-0.05, 0) is 11.5 Å². The van der Waals surface area contributed by atoms with Crippen LogP contribution in [0, 0.1) is 5.92 Å². The van der Waals surface area contributed by atoms with E-state index in [0.717, 1.165) is 0 Å². The molecule has 0 aliphatic heterocycles. The van der Waals surface area contributed by atoms with E-state index in [1.807, 2.05) is 24.3 Å². The Kier molecular flexibility index (Phi) is 5.08. The van der Waals surface area contributed by atoms with Crippen LogP contribution in [0.4, 0.5) is 0 Å². The van der Waals surface area contributed by atoms with Gasteiger partial charge in [0.15, 0.2) is 5.78 Å². The highest BCUT2D eigenvalue weighted by atomic mass is 16.5. The van der Waals surface area contributed by atoms with Gasteiger partial charge in [-0.15, -0.1) is 0 Å². The zero-order valence-corrected chi connectivity index (χ0v) is 11.4. The first kappa shape index (κ1) is 14.4. The molecule has 1 rings (SSSR count). The lowest BCUT2D eigenvalue weighted by atomic mass is 9.96. The van der Waals surface area contributed by atoms with Gasteiger partial charge in [0, 0.05) is 12.0 Å². The minimum absolute atomic E-state index is 0.0248. The number of Topliss-reactive ketones (excluding diaryl/α,β-unsaturated/α-hetero) is 1. The Morgan fingerprint density at radius 1 is 1.11 bits per heavy atom. The summed E-state index contributed by atoms with van der Waals surface area (Å²) in [7, 11) is 1.33. The van der Waals surface area contributed by atoms with E-state index in [1.54, 1.807) is 6.92 Å². The van der Waals surface area contributed by atoms with Crippen LogP contribution in [0.2, 0.25) is 0 Å². The second-order valence-electron chi connectivity index (χ2n) is 4.83. The Bertz CT molecular complexity index is 418. The Morgan fingerprint density at radius 3 is 2.11 bits per heavy atom. The largest absolute Gasteiger partial charge is 0.469 e. The lowest BCUT2D eigenvalue weighted by molar-refractivity contribution is -0.144. The SMILES string of the molecule is COC(=O)C(C)CC(=O)c1ccc(C(C)C)cc1. The molecule has 0 bridgehead atoms. The van der Waals surface area contributed by atoms with Gasteiger partial charge < -0.3 is 4.74 Å². The van der Waals surface area contributed by atoms with E-state index in [0.29, 0.717) is 11.5 Å². The van der Waals surface area contributed by atoms with E-state index in [2.05, 4.69) is 18.6 Å². The molecule has 1 aromatic rings. The number of esters is 1. The second-order valence-corrected chi connectivity index (χ2v) is 4.83. The molecule has 0 N–H and O–H groups in total. The molecular formula is C15H20O3. The molecule has 0 amide bonds. The van der Waals surface area contributed by atoms with Crippen LogP contribution >= 0.6 is 0 Å². The predicted molar refractivity (Wildman–Crippen MR) is 70.7 cm³/mol. The van der Waals surface area contributed by atoms with Crippen LogP contribution in [0.1, 0.15) is 49.0 Å². The highest BCUT2D eigenvalue weighted by molar-refractivity contribution is 5.98. The summed E-state index contributed by atoms with van der Waals surface area (Å²) in [4.78, 5) is 23.2. The van der Waals surface area contributed by atoms with Gasteiger partial charge in [0.05, 0.1) is 13.0 Å². The van der Waals surface area contributed by atoms with Gasteiger partial charge in [0.2, 0.25) is 0 Å². The van der Waals surface area contributed by atoms with Gasteiger partial charge in [-0.25, -0.2) is 0 Å². The maximum absolute atomic E-state index is 11.9. The van der Waals surface area contributed by atoms with Crippen LogP contribution in [-0.2, 0) is 9.53 Å². The maximum atomic E-state index is 11.9. The van der Waals surface area contributed by atoms with Crippen molar-refractivity contribution in [2.45, 2.75) is 33.1 Å². The first-order valence-electron chi connectivity index (χ1n) is 6.16. The summed E-state index contributed by atoms with van der Waals surface area (Å²) in [6, 6.07) is 7.56. The van der Waals surface area contributed by atoms with Crippen LogP contribution in [0.5, 0.6) is 0 Å². The third kappa shape index (κ3) is 3.69. The molecule has 1 atom stereocenters. The molecule has 0 fully saturated rings. The van der Waals surface area contributed by atoms with Gasteiger partial charge >= 0.3 is 5.97 Å². The molecule has 98 valence electrons. The number of methoxy groups -OCH3 is 1. The molecule has 0 saturated carbocycles. The van der Waals surface area contributed by atoms with E-state index >= 15 is 0 Å². The highest BCUT2D eigenvalue weighted by Crippen LogP contribution is 2.17. The number of rotatable bonds is 5. The summed E-state index contributed by atoms with van der Waals surface area (Å²) in [6.45, 7) is 5.92. The van der Waals surface area contributed by atoms with E-state index in [4.69, 9.17) is 0 Å². The maximum Gasteiger partial charge on any atom is 0.308 e. The zero-order valence-electron chi connectivity index (χ0n) is 11.4. The fraction of sp³-hybridized carbons (Fsp3) is 0.467. The third-order valence-electron chi connectivity index (χ3n) is 2.99. The number of ketones is 1. The topological polar surface area (TPSA) is 43.4 Å². The smallest absolute Gasteiger partial charge is 0.308 e. The Balaban J connectivity index is 2.70. The lowest BCUT2D eigenvalue weighted by Crippen LogP contribution is -2.16. The van der Waals surface area contributed by atoms with Crippen LogP contribution in [0.25, 0.3) is 0 Å². The first-order chi connectivity index (χ1) is 8.45. The minimum atomic E-state index is -0.396. The minimum Gasteiger partial charge on any atom is -0.469 e. The Morgan fingerprint density at radius 2 is 1.67 bits per heavy atom. The number of ether oxygens (including phenoxy) is 1. The number of hydrogen-bond donors (Lipinski definition) is 0. The van der Waals surface area contributed by atoms with Gasteiger partial charge in [-0.1, -0.05) is 45.0 Å². The van der Waals surface area contributed by atoms with Crippen LogP contribution in [0.3, 0.4) is 0 Å². The molecule has 3 heteroatoms. The molecular weight excluding hydrogens is 228 g/mol. The van der Waals surface area contributed by atoms with Gasteiger partial charge in [0.1, 0.15) is 0 Å². The van der Waals surface area contributed by atoms with Gasteiger partial charge in [-0.2, -0.15) is 0 Å². The molecule has 0 aromatic heterocycles. The van der Waals surface area contributed by atoms with Crippen molar-refractivity contribution in [2.75, 3.05) is 7.11 Å². The van der Waals surface area contributed by atoms with Crippen molar-refractivity contribution in [1.82, 2.24) is 0 Å². The monoisotopic (exact) mass is 248 g/mol. The molecule has 0 aliphatic rings. The fourth-order valence-electron chi connectivity index (χ4n) is 1.73. The molecule has 18 heavy (non-hydrogen) atoms. The van der Waals surface area contributed by atoms with Crippen LogP contribution in [0.15, 0.2) is 24.3 Å². The Hall–Kier alpha value is -1.64. The lowest BCUT2D eigenvalue weighted by Gasteiger charge is -2.09. The summed E-state index contributed by atoms with van der Waals surface area (Å²) in [6.07, 6.45) is 0.188. The van der Waals surface area contributed by atoms with Crippen molar-refractivity contribution < 1.29 is 14.3 Å². The summed E-state index contributed by atoms with van der Waals surface area (Å²) in [5.74, 6) is -0.319. The normalized spacial score (nSPS) is 12.3. The van der Waals surface area contributed by atoms with Crippen molar-refractivity contribution in [2.24, 2.45) is 5.92 Å². The van der Waals surface area contributed by atoms with Crippen molar-refractivity contribution in [1.29, 1.82) is 0 Å². The van der Waals surface area contributed by atoms with E-state index < -0.39 is 5.92 Å². The molecule has 0 aliphatic carbocycles. The number of hydrogen-bond acceptors (Lipinski definition) is 3. The van der Waals surface area contributed by atoms with E-state index in [9.17, 15) is 9.59 Å². The summed E-state index contributed by atoms with van der Waals surface area (Å²) < 4.78 is 4.61. The molecule has 1 aromatic carbocycles. The van der Waals surface area contributed by atoms with Crippen molar-refractivity contribution in [3.63, 3.8) is 0 Å². The van der Waals surface area contributed by atoms with Crippen molar-refractivity contribution >= 4 is 11.8 Å². The van der Waals surface area contributed by atoms with Crippen LogP contribution < -0.4 is 0 Å². The number of carbonyl (C=O) groups is 2. The summed E-state index contributed by atoms with van der Waals surface area (Å²) in [5, 5.41) is 0. The highest BCUT2D eigenvalue weighted by Gasteiger charge is 2.18. The molecule has 0 radical (unpaired) electrons. The molecule has 0 saturated heterocycles. The zero-order chi connectivity index (χ0) is 13.7. The van der Waals surface area contributed by atoms with Gasteiger partial charge in [0.25, 0.3) is 0 Å². The molecule has 3 nitrogen and oxygen atoms in total. The van der Waals surface area contributed by atoms with Crippen LogP contribution in [-0.4, -0.2) is 18.9 Å². The summed E-state index contributed by atoms with van der Waals surface area (Å²) in [5.41, 5.74) is 1.85. The Labute approximate surface area is 108 Å². The average molecular weight is 248 g/mol. The quantitative estimate of drug-likeness (QED) is 0.593. The number of benzene rings is 1. The van der Waals surface area contributed by atoms with Crippen molar-refractivity contribution in [3.8, 4) is 0 Å². The van der Waals surface area contributed by atoms with E-state index in [1.165, 1.54) is 12.7 Å². The molecule has 0 heterocycles. The van der Waals surface area contributed by atoms with Crippen molar-refractivity contribution in [3.05, 3.63) is 35.4 Å². The fourth-order valence-corrected chi connectivity index (χ4v) is 1.73. The second kappa shape index (κ2) is 6.34. The molecule has 1 unspecified atom stereocenters. The first-order valence-corrected chi connectivity index (χ1v) is 6.16. The number of carbonyl (C=O) groups excluding carboxylic acids is 2. The van der Waals surface area contributed by atoms with E-state index in [-0.39, 0.29) is 18.2 Å². The van der Waals surface area contributed by atoms with Gasteiger partial charge in [-0.3, -0.25) is 9.59 Å². The summed E-state index contributed by atoms with van der Waals surface area (Å²) >= 11 is 0. The predicted octanol–water partition coefficient (Wildman–Crippen LogP) is 3.19. The standard InChI is InChI=1S/C15H20O3/c1-10(2)12-5-7-13(8-6-12)14(16)9-11(3)15(17)18-4/h5-8,10-11H,9H2,1-4H3.